The number of benzene rings is 2. The number of ketones is 2. The summed E-state index contributed by atoms with van der Waals surface area (Å²) in [5.74, 6) is -2.37. The molecule has 0 aromatic heterocycles. The Labute approximate surface area is 226 Å². The topological polar surface area (TPSA) is 101 Å². The Hall–Kier alpha value is -4.10. The number of aliphatic hydroxyl groups excluding tert-OH is 1. The number of ether oxygens (including phenoxy) is 1. The Balaban J connectivity index is 1.45. The van der Waals surface area contributed by atoms with Crippen molar-refractivity contribution in [1.82, 2.24) is 4.90 Å². The standard InChI is InChI=1S/C32H29NO6/c1-18-15-25(35)29-24(30(18)36)16-23-20(27(29)21-9-5-6-10-26(21)39-14-13-34)11-12-22-28(23)32(38)33(31(22)37)17-19-7-3-2-4-8-19/h2-11,15,22-23,27-28,34H,12-14,16-17H2,1H3/t22-,23+,27+,28-/m0/s1. The third-order valence-corrected chi connectivity index (χ3v) is 8.42. The maximum Gasteiger partial charge on any atom is 0.234 e. The first-order valence-corrected chi connectivity index (χ1v) is 13.3. The van der Waals surface area contributed by atoms with Gasteiger partial charge in [-0.05, 0) is 43.4 Å². The summed E-state index contributed by atoms with van der Waals surface area (Å²) in [5.41, 5.74) is 3.69. The van der Waals surface area contributed by atoms with Crippen LogP contribution in [0.5, 0.6) is 5.75 Å². The summed E-state index contributed by atoms with van der Waals surface area (Å²) >= 11 is 0. The van der Waals surface area contributed by atoms with Gasteiger partial charge in [-0.2, -0.15) is 0 Å². The summed E-state index contributed by atoms with van der Waals surface area (Å²) in [6.45, 7) is 1.76. The van der Waals surface area contributed by atoms with Crippen molar-refractivity contribution in [2.24, 2.45) is 17.8 Å². The number of carbonyl (C=O) groups is 4. The monoisotopic (exact) mass is 523 g/mol. The molecule has 2 aromatic rings. The number of allylic oxidation sites excluding steroid dienone is 6. The minimum atomic E-state index is -0.600. The molecule has 0 radical (unpaired) electrons. The zero-order chi connectivity index (χ0) is 27.3. The number of nitrogens with zero attached hydrogens (tertiary/aromatic N) is 1. The van der Waals surface area contributed by atoms with E-state index in [1.54, 1.807) is 13.0 Å². The van der Waals surface area contributed by atoms with Crippen molar-refractivity contribution in [3.8, 4) is 5.75 Å². The number of fused-ring (bicyclic) bond motifs is 3. The first kappa shape index (κ1) is 25.2. The zero-order valence-corrected chi connectivity index (χ0v) is 21.6. The number of hydrogen-bond acceptors (Lipinski definition) is 6. The normalized spacial score (nSPS) is 26.2. The molecule has 6 rings (SSSR count). The highest BCUT2D eigenvalue weighted by atomic mass is 16.5. The van der Waals surface area contributed by atoms with Gasteiger partial charge in [-0.1, -0.05) is 60.2 Å². The highest BCUT2D eigenvalue weighted by molar-refractivity contribution is 6.23. The van der Waals surface area contributed by atoms with Crippen molar-refractivity contribution in [2.75, 3.05) is 13.2 Å². The van der Waals surface area contributed by atoms with Gasteiger partial charge < -0.3 is 9.84 Å². The number of rotatable bonds is 6. The Morgan fingerprint density at radius 1 is 0.949 bits per heavy atom. The molecule has 0 unspecified atom stereocenters. The highest BCUT2D eigenvalue weighted by Crippen LogP contribution is 2.56. The Morgan fingerprint density at radius 2 is 1.69 bits per heavy atom. The molecule has 3 aliphatic carbocycles. The molecule has 4 aliphatic rings. The van der Waals surface area contributed by atoms with Crippen LogP contribution >= 0.6 is 0 Å². The van der Waals surface area contributed by atoms with Crippen molar-refractivity contribution in [1.29, 1.82) is 0 Å². The van der Waals surface area contributed by atoms with Crippen LogP contribution in [0.3, 0.4) is 0 Å². The lowest BCUT2D eigenvalue weighted by Crippen LogP contribution is -2.39. The molecule has 39 heavy (non-hydrogen) atoms. The van der Waals surface area contributed by atoms with Gasteiger partial charge in [0.2, 0.25) is 11.8 Å². The molecular formula is C32H29NO6. The van der Waals surface area contributed by atoms with E-state index in [2.05, 4.69) is 0 Å². The van der Waals surface area contributed by atoms with Gasteiger partial charge >= 0.3 is 0 Å². The van der Waals surface area contributed by atoms with Crippen LogP contribution in [0.1, 0.15) is 36.8 Å². The molecule has 7 heteroatoms. The second kappa shape index (κ2) is 9.89. The zero-order valence-electron chi connectivity index (χ0n) is 21.6. The summed E-state index contributed by atoms with van der Waals surface area (Å²) in [6.07, 6.45) is 4.03. The second-order valence-corrected chi connectivity index (χ2v) is 10.6. The molecule has 0 saturated carbocycles. The summed E-state index contributed by atoms with van der Waals surface area (Å²) in [5, 5.41) is 9.37. The molecule has 0 bridgehead atoms. The van der Waals surface area contributed by atoms with Gasteiger partial charge in [-0.15, -0.1) is 0 Å². The number of aliphatic hydroxyl groups is 1. The maximum atomic E-state index is 13.9. The SMILES string of the molecule is CC1=CC(=O)C2=C(C[C@@H]3C(=CC[C@@H]4C(=O)N(Cc5ccccc5)C(=O)[C@@H]43)[C@@H]2c2ccccc2OCCO)C1=O. The number of carbonyl (C=O) groups excluding carboxylic acids is 4. The van der Waals surface area contributed by atoms with Gasteiger partial charge in [-0.3, -0.25) is 24.1 Å². The number of para-hydroxylation sites is 1. The van der Waals surface area contributed by atoms with Crippen LogP contribution in [-0.4, -0.2) is 46.6 Å². The summed E-state index contributed by atoms with van der Waals surface area (Å²) in [6, 6.07) is 16.7. The Morgan fingerprint density at radius 3 is 2.46 bits per heavy atom. The van der Waals surface area contributed by atoms with Crippen LogP contribution in [0.2, 0.25) is 0 Å². The average molecular weight is 524 g/mol. The molecule has 1 saturated heterocycles. The van der Waals surface area contributed by atoms with Gasteiger partial charge in [0.05, 0.1) is 25.0 Å². The van der Waals surface area contributed by atoms with Crippen LogP contribution in [0, 0.1) is 17.8 Å². The fourth-order valence-electron chi connectivity index (χ4n) is 6.73. The first-order valence-electron chi connectivity index (χ1n) is 13.3. The smallest absolute Gasteiger partial charge is 0.234 e. The first-order chi connectivity index (χ1) is 18.9. The van der Waals surface area contributed by atoms with Gasteiger partial charge in [0.15, 0.2) is 11.6 Å². The van der Waals surface area contributed by atoms with E-state index in [1.165, 1.54) is 11.0 Å². The van der Waals surface area contributed by atoms with E-state index in [0.717, 1.165) is 11.1 Å². The largest absolute Gasteiger partial charge is 0.491 e. The van der Waals surface area contributed by atoms with Crippen LogP contribution < -0.4 is 4.74 Å². The predicted octanol–water partition coefficient (Wildman–Crippen LogP) is 3.69. The van der Waals surface area contributed by atoms with Crippen molar-refractivity contribution in [3.05, 3.63) is 100 Å². The van der Waals surface area contributed by atoms with Crippen molar-refractivity contribution >= 4 is 23.4 Å². The lowest BCUT2D eigenvalue weighted by atomic mass is 9.59. The van der Waals surface area contributed by atoms with Crippen molar-refractivity contribution in [2.45, 2.75) is 32.2 Å². The molecule has 198 valence electrons. The predicted molar refractivity (Wildman–Crippen MR) is 142 cm³/mol. The van der Waals surface area contributed by atoms with E-state index >= 15 is 0 Å². The van der Waals surface area contributed by atoms with Crippen LogP contribution in [-0.2, 0) is 25.7 Å². The summed E-state index contributed by atoms with van der Waals surface area (Å²) in [7, 11) is 0. The minimum Gasteiger partial charge on any atom is -0.491 e. The van der Waals surface area contributed by atoms with E-state index in [4.69, 9.17) is 4.74 Å². The second-order valence-electron chi connectivity index (χ2n) is 10.6. The number of likely N-dealkylation sites (tertiary alicyclic amines) is 1. The molecular weight excluding hydrogens is 494 g/mol. The molecule has 7 nitrogen and oxygen atoms in total. The van der Waals surface area contributed by atoms with E-state index in [1.807, 2.05) is 54.6 Å². The van der Waals surface area contributed by atoms with Crippen molar-refractivity contribution < 1.29 is 29.0 Å². The van der Waals surface area contributed by atoms with E-state index < -0.39 is 23.7 Å². The molecule has 1 fully saturated rings. The number of amides is 2. The molecule has 0 spiro atoms. The number of hydrogen-bond donors (Lipinski definition) is 1. The fourth-order valence-corrected chi connectivity index (χ4v) is 6.73. The molecule has 1 N–H and O–H groups in total. The molecule has 2 amide bonds. The van der Waals surface area contributed by atoms with Crippen LogP contribution in [0.15, 0.2) is 89.0 Å². The van der Waals surface area contributed by atoms with E-state index in [9.17, 15) is 24.3 Å². The quantitative estimate of drug-likeness (QED) is 0.352. The Kier molecular flexibility index (Phi) is 6.39. The Bertz CT molecular complexity index is 1480. The van der Waals surface area contributed by atoms with Gasteiger partial charge in [0.25, 0.3) is 0 Å². The highest BCUT2D eigenvalue weighted by Gasteiger charge is 2.56. The van der Waals surface area contributed by atoms with E-state index in [-0.39, 0.29) is 49.6 Å². The van der Waals surface area contributed by atoms with Crippen LogP contribution in [0.4, 0.5) is 0 Å². The van der Waals surface area contributed by atoms with Crippen LogP contribution in [0.25, 0.3) is 0 Å². The summed E-state index contributed by atoms with van der Waals surface area (Å²) < 4.78 is 5.85. The third kappa shape index (κ3) is 4.08. The van der Waals surface area contributed by atoms with E-state index in [0.29, 0.717) is 34.5 Å². The number of Topliss-reactive ketones (excluding diaryl/α,β-unsaturated/α-hetero) is 1. The van der Waals surface area contributed by atoms with Crippen molar-refractivity contribution in [3.63, 3.8) is 0 Å². The third-order valence-electron chi connectivity index (χ3n) is 8.42. The molecule has 1 heterocycles. The van der Waals surface area contributed by atoms with Gasteiger partial charge in [0.1, 0.15) is 12.4 Å². The lowest BCUT2D eigenvalue weighted by Gasteiger charge is -2.42. The number of imide groups is 1. The summed E-state index contributed by atoms with van der Waals surface area (Å²) in [4.78, 5) is 55.6. The minimum absolute atomic E-state index is 0.0795. The lowest BCUT2D eigenvalue weighted by molar-refractivity contribution is -0.140. The van der Waals surface area contributed by atoms with Gasteiger partial charge in [-0.25, -0.2) is 0 Å². The average Bonchev–Trinajstić information content (AvgIpc) is 3.19. The van der Waals surface area contributed by atoms with Gasteiger partial charge in [0, 0.05) is 28.2 Å². The maximum absolute atomic E-state index is 13.9. The fraction of sp³-hybridized carbons (Fsp3) is 0.312. The molecule has 4 atom stereocenters. The molecule has 2 aromatic carbocycles. The molecule has 1 aliphatic heterocycles.